The van der Waals surface area contributed by atoms with Gasteiger partial charge in [0.15, 0.2) is 5.69 Å². The molecule has 1 aliphatic rings. The van der Waals surface area contributed by atoms with Crippen LogP contribution in [-0.2, 0) is 0 Å². The van der Waals surface area contributed by atoms with Crippen molar-refractivity contribution in [3.8, 4) is 0 Å². The Morgan fingerprint density at radius 3 is 2.79 bits per heavy atom. The van der Waals surface area contributed by atoms with Crippen molar-refractivity contribution in [3.63, 3.8) is 0 Å². The van der Waals surface area contributed by atoms with Crippen LogP contribution in [0.5, 0.6) is 0 Å². The van der Waals surface area contributed by atoms with Crippen LogP contribution in [0.25, 0.3) is 0 Å². The molecule has 5 nitrogen and oxygen atoms in total. The van der Waals surface area contributed by atoms with E-state index in [4.69, 9.17) is 0 Å². The Kier molecular flexibility index (Phi) is 3.70. The number of hydrogen-bond acceptors (Lipinski definition) is 4. The number of aryl methyl sites for hydroxylation is 1. The summed E-state index contributed by atoms with van der Waals surface area (Å²) in [5.41, 5.74) is 0.974. The number of nitrogens with zero attached hydrogens (tertiary/aromatic N) is 3. The van der Waals surface area contributed by atoms with E-state index < -0.39 is 18.6 Å². The molecule has 0 aromatic carbocycles. The standard InChI is InChI=1S/C11H13F3N4O/c1-7-2-9(17-15-3-7)10(19)16-8-4-18(5-8)6-11(12,13)14/h2-3,8H,4-6H2,1H3,(H,16,19). The number of nitrogens with one attached hydrogen (secondary N) is 1. The first-order valence-corrected chi connectivity index (χ1v) is 5.73. The molecule has 0 aliphatic carbocycles. The first-order chi connectivity index (χ1) is 8.83. The summed E-state index contributed by atoms with van der Waals surface area (Å²) < 4.78 is 36.2. The van der Waals surface area contributed by atoms with Gasteiger partial charge in [-0.05, 0) is 18.6 Å². The van der Waals surface area contributed by atoms with E-state index in [1.54, 1.807) is 13.0 Å². The number of hydrogen-bond donors (Lipinski definition) is 1. The van der Waals surface area contributed by atoms with Crippen molar-refractivity contribution >= 4 is 5.91 Å². The number of alkyl halides is 3. The van der Waals surface area contributed by atoms with Crippen LogP contribution >= 0.6 is 0 Å². The van der Waals surface area contributed by atoms with Crippen LogP contribution in [0.3, 0.4) is 0 Å². The lowest BCUT2D eigenvalue weighted by atomic mass is 10.1. The highest BCUT2D eigenvalue weighted by molar-refractivity contribution is 5.92. The van der Waals surface area contributed by atoms with E-state index >= 15 is 0 Å². The Balaban J connectivity index is 1.80. The summed E-state index contributed by atoms with van der Waals surface area (Å²) in [6.07, 6.45) is -2.68. The molecule has 104 valence electrons. The van der Waals surface area contributed by atoms with Crippen molar-refractivity contribution in [3.05, 3.63) is 23.5 Å². The minimum absolute atomic E-state index is 0.175. The number of carbonyl (C=O) groups is 1. The lowest BCUT2D eigenvalue weighted by Gasteiger charge is -2.39. The van der Waals surface area contributed by atoms with E-state index in [1.807, 2.05) is 0 Å². The second-order valence-electron chi connectivity index (χ2n) is 4.60. The van der Waals surface area contributed by atoms with Crippen LogP contribution in [0.15, 0.2) is 12.3 Å². The fourth-order valence-corrected chi connectivity index (χ4v) is 1.88. The Hall–Kier alpha value is -1.70. The maximum Gasteiger partial charge on any atom is 0.401 e. The predicted octanol–water partition coefficient (Wildman–Crippen LogP) is 0.761. The van der Waals surface area contributed by atoms with Crippen molar-refractivity contribution in [2.24, 2.45) is 0 Å². The van der Waals surface area contributed by atoms with Gasteiger partial charge in [-0.25, -0.2) is 0 Å². The predicted molar refractivity (Wildman–Crippen MR) is 60.5 cm³/mol. The highest BCUT2D eigenvalue weighted by atomic mass is 19.4. The van der Waals surface area contributed by atoms with Gasteiger partial charge < -0.3 is 5.32 Å². The van der Waals surface area contributed by atoms with Crippen molar-refractivity contribution in [2.75, 3.05) is 19.6 Å². The van der Waals surface area contributed by atoms with Gasteiger partial charge >= 0.3 is 6.18 Å². The van der Waals surface area contributed by atoms with Crippen LogP contribution < -0.4 is 5.32 Å². The second kappa shape index (κ2) is 5.12. The van der Waals surface area contributed by atoms with E-state index in [1.165, 1.54) is 11.1 Å². The SMILES string of the molecule is Cc1cnnc(C(=O)NC2CN(CC(F)(F)F)C2)c1. The third-order valence-electron chi connectivity index (χ3n) is 2.72. The summed E-state index contributed by atoms with van der Waals surface area (Å²) in [5.74, 6) is -0.409. The Bertz CT molecular complexity index is 471. The van der Waals surface area contributed by atoms with Crippen molar-refractivity contribution < 1.29 is 18.0 Å². The quantitative estimate of drug-likeness (QED) is 0.884. The summed E-state index contributed by atoms with van der Waals surface area (Å²) >= 11 is 0. The summed E-state index contributed by atoms with van der Waals surface area (Å²) in [6.45, 7) is 1.23. The van der Waals surface area contributed by atoms with E-state index in [9.17, 15) is 18.0 Å². The molecule has 2 rings (SSSR count). The minimum Gasteiger partial charge on any atom is -0.345 e. The van der Waals surface area contributed by atoms with Crippen LogP contribution in [0.2, 0.25) is 0 Å². The molecule has 1 N–H and O–H groups in total. The zero-order valence-corrected chi connectivity index (χ0v) is 10.2. The molecule has 0 atom stereocenters. The van der Waals surface area contributed by atoms with Gasteiger partial charge in [0.2, 0.25) is 0 Å². The molecule has 2 heterocycles. The Labute approximate surface area is 107 Å². The van der Waals surface area contributed by atoms with Crippen LogP contribution in [0, 0.1) is 6.92 Å². The molecular formula is C11H13F3N4O. The van der Waals surface area contributed by atoms with Gasteiger partial charge in [-0.2, -0.15) is 18.3 Å². The first-order valence-electron chi connectivity index (χ1n) is 5.73. The van der Waals surface area contributed by atoms with Gasteiger partial charge in [0, 0.05) is 13.1 Å². The highest BCUT2D eigenvalue weighted by Gasteiger charge is 2.37. The lowest BCUT2D eigenvalue weighted by molar-refractivity contribution is -0.155. The summed E-state index contributed by atoms with van der Waals surface area (Å²) in [4.78, 5) is 13.0. The molecule has 0 saturated carbocycles. The van der Waals surface area contributed by atoms with Crippen LogP contribution in [-0.4, -0.2) is 52.9 Å². The maximum atomic E-state index is 12.1. The normalized spacial score (nSPS) is 17.1. The van der Waals surface area contributed by atoms with Crippen molar-refractivity contribution in [1.82, 2.24) is 20.4 Å². The van der Waals surface area contributed by atoms with Crippen molar-refractivity contribution in [1.29, 1.82) is 0 Å². The zero-order valence-electron chi connectivity index (χ0n) is 10.2. The van der Waals surface area contributed by atoms with Gasteiger partial charge in [-0.3, -0.25) is 9.69 Å². The molecule has 0 unspecified atom stereocenters. The Morgan fingerprint density at radius 2 is 2.21 bits per heavy atom. The number of carbonyl (C=O) groups excluding carboxylic acids is 1. The molecular weight excluding hydrogens is 261 g/mol. The molecule has 19 heavy (non-hydrogen) atoms. The fourth-order valence-electron chi connectivity index (χ4n) is 1.88. The summed E-state index contributed by atoms with van der Waals surface area (Å²) in [5, 5.41) is 9.95. The molecule has 0 radical (unpaired) electrons. The molecule has 1 saturated heterocycles. The number of likely N-dealkylation sites (tertiary alicyclic amines) is 1. The molecule has 0 bridgehead atoms. The number of amides is 1. The average Bonchev–Trinajstić information content (AvgIpc) is 2.24. The number of halogens is 3. The third kappa shape index (κ3) is 3.88. The first kappa shape index (κ1) is 13.7. The fraction of sp³-hybridized carbons (Fsp3) is 0.545. The smallest absolute Gasteiger partial charge is 0.345 e. The zero-order chi connectivity index (χ0) is 14.0. The van der Waals surface area contributed by atoms with Crippen LogP contribution in [0.4, 0.5) is 13.2 Å². The van der Waals surface area contributed by atoms with Crippen molar-refractivity contribution in [2.45, 2.75) is 19.1 Å². The third-order valence-corrected chi connectivity index (χ3v) is 2.72. The van der Waals surface area contributed by atoms with Gasteiger partial charge in [-0.1, -0.05) is 0 Å². The molecule has 1 amide bonds. The summed E-state index contributed by atoms with van der Waals surface area (Å²) in [6, 6.07) is 1.31. The lowest BCUT2D eigenvalue weighted by Crippen LogP contribution is -2.61. The van der Waals surface area contributed by atoms with Gasteiger partial charge in [0.1, 0.15) is 0 Å². The number of aromatic nitrogens is 2. The molecule has 1 fully saturated rings. The molecule has 1 aromatic heterocycles. The maximum absolute atomic E-state index is 12.1. The number of rotatable bonds is 3. The summed E-state index contributed by atoms with van der Waals surface area (Å²) in [7, 11) is 0. The van der Waals surface area contributed by atoms with E-state index in [0.29, 0.717) is 0 Å². The average molecular weight is 274 g/mol. The van der Waals surface area contributed by atoms with E-state index in [0.717, 1.165) is 5.56 Å². The molecule has 0 spiro atoms. The highest BCUT2D eigenvalue weighted by Crippen LogP contribution is 2.20. The van der Waals surface area contributed by atoms with Gasteiger partial charge in [0.05, 0.1) is 18.8 Å². The Morgan fingerprint density at radius 1 is 1.53 bits per heavy atom. The molecule has 1 aliphatic heterocycles. The molecule has 1 aromatic rings. The largest absolute Gasteiger partial charge is 0.401 e. The van der Waals surface area contributed by atoms with Gasteiger partial charge in [0.25, 0.3) is 5.91 Å². The second-order valence-corrected chi connectivity index (χ2v) is 4.60. The van der Waals surface area contributed by atoms with E-state index in [2.05, 4.69) is 15.5 Å². The topological polar surface area (TPSA) is 58.1 Å². The minimum atomic E-state index is -4.20. The van der Waals surface area contributed by atoms with Gasteiger partial charge in [-0.15, -0.1) is 5.10 Å². The van der Waals surface area contributed by atoms with Crippen LogP contribution in [0.1, 0.15) is 16.1 Å². The molecule has 8 heteroatoms. The monoisotopic (exact) mass is 274 g/mol. The van der Waals surface area contributed by atoms with E-state index in [-0.39, 0.29) is 24.8 Å².